The van der Waals surface area contributed by atoms with Crippen LogP contribution in [0.3, 0.4) is 0 Å². The van der Waals surface area contributed by atoms with Gasteiger partial charge in [0, 0.05) is 25.0 Å². The van der Waals surface area contributed by atoms with Gasteiger partial charge < -0.3 is 21.1 Å². The van der Waals surface area contributed by atoms with Crippen molar-refractivity contribution in [3.63, 3.8) is 0 Å². The van der Waals surface area contributed by atoms with E-state index in [1.54, 1.807) is 12.3 Å². The highest BCUT2D eigenvalue weighted by molar-refractivity contribution is 6.12. The van der Waals surface area contributed by atoms with Crippen molar-refractivity contribution >= 4 is 23.1 Å². The largest absolute Gasteiger partial charge is 0.487 e. The Hall–Kier alpha value is -3.27. The number of fused-ring (bicyclic) bond motifs is 1. The molecule has 1 fully saturated rings. The number of amides is 1. The molecule has 4 heterocycles. The predicted octanol–water partition coefficient (Wildman–Crippen LogP) is 1.17. The Morgan fingerprint density at radius 3 is 3.15 bits per heavy atom. The lowest BCUT2D eigenvalue weighted by atomic mass is 10.2. The molecular formula is C17H18FN7O2. The fourth-order valence-corrected chi connectivity index (χ4v) is 2.95. The number of pyridine rings is 1. The molecule has 1 saturated heterocycles. The third-order valence-electron chi connectivity index (χ3n) is 4.27. The molecule has 9 nitrogen and oxygen atoms in total. The number of nitrogen functional groups attached to an aromatic ring is 1. The number of carbonyl (C=O) groups is 1. The minimum atomic E-state index is -0.751. The van der Waals surface area contributed by atoms with E-state index in [1.807, 2.05) is 0 Å². The summed E-state index contributed by atoms with van der Waals surface area (Å²) in [6.07, 6.45) is 5.51. The number of nitrogens with two attached hydrogens (primary N) is 1. The quantitative estimate of drug-likeness (QED) is 0.616. The SMILES string of the molecule is Nc1nn2ccc(CF)nc2c1C(=O)Nc1cnccc1O[C@@H]1CCNC1. The van der Waals surface area contributed by atoms with Crippen LogP contribution < -0.4 is 21.1 Å². The molecule has 0 aromatic carbocycles. The highest BCUT2D eigenvalue weighted by Gasteiger charge is 2.22. The fraction of sp³-hybridized carbons (Fsp3) is 0.294. The molecule has 1 atom stereocenters. The lowest BCUT2D eigenvalue weighted by Gasteiger charge is -2.16. The summed E-state index contributed by atoms with van der Waals surface area (Å²) in [5.41, 5.74) is 6.75. The van der Waals surface area contributed by atoms with E-state index >= 15 is 0 Å². The van der Waals surface area contributed by atoms with Crippen molar-refractivity contribution in [2.45, 2.75) is 19.2 Å². The summed E-state index contributed by atoms with van der Waals surface area (Å²) in [5.74, 6) is -0.00438. The maximum Gasteiger partial charge on any atom is 0.263 e. The van der Waals surface area contributed by atoms with Gasteiger partial charge in [-0.2, -0.15) is 0 Å². The third kappa shape index (κ3) is 3.38. The van der Waals surface area contributed by atoms with E-state index < -0.39 is 12.6 Å². The second kappa shape index (κ2) is 7.16. The van der Waals surface area contributed by atoms with Gasteiger partial charge in [0.15, 0.2) is 11.5 Å². The van der Waals surface area contributed by atoms with E-state index in [-0.39, 0.29) is 28.8 Å². The third-order valence-corrected chi connectivity index (χ3v) is 4.27. The molecule has 10 heteroatoms. The standard InChI is InChI=1S/C17H18FN7O2/c18-7-10-3-6-25-16(22-10)14(15(19)24-25)17(26)23-12-9-21-5-2-13(12)27-11-1-4-20-8-11/h2-3,5-6,9,11,20H,1,4,7-8H2,(H2,19,24)(H,23,26)/t11-/m1/s1. The normalized spacial score (nSPS) is 16.6. The number of nitrogens with zero attached hydrogens (tertiary/aromatic N) is 4. The maximum absolute atomic E-state index is 12.9. The van der Waals surface area contributed by atoms with Crippen LogP contribution in [-0.4, -0.2) is 44.7 Å². The number of hydrogen-bond donors (Lipinski definition) is 3. The number of nitrogens with one attached hydrogen (secondary N) is 2. The summed E-state index contributed by atoms with van der Waals surface area (Å²) in [6.45, 7) is 0.879. The summed E-state index contributed by atoms with van der Waals surface area (Å²) in [7, 11) is 0. The summed E-state index contributed by atoms with van der Waals surface area (Å²) >= 11 is 0. The second-order valence-electron chi connectivity index (χ2n) is 6.14. The van der Waals surface area contributed by atoms with Gasteiger partial charge >= 0.3 is 0 Å². The van der Waals surface area contributed by atoms with E-state index in [2.05, 4.69) is 25.7 Å². The Labute approximate surface area is 153 Å². The fourth-order valence-electron chi connectivity index (χ4n) is 2.95. The summed E-state index contributed by atoms with van der Waals surface area (Å²) in [4.78, 5) is 21.0. The first kappa shape index (κ1) is 17.2. The summed E-state index contributed by atoms with van der Waals surface area (Å²) < 4.78 is 20.2. The van der Waals surface area contributed by atoms with Crippen molar-refractivity contribution in [3.8, 4) is 5.75 Å². The highest BCUT2D eigenvalue weighted by atomic mass is 19.1. The van der Waals surface area contributed by atoms with Crippen LogP contribution in [0.15, 0.2) is 30.7 Å². The van der Waals surface area contributed by atoms with Crippen molar-refractivity contribution in [2.24, 2.45) is 0 Å². The molecule has 4 N–H and O–H groups in total. The van der Waals surface area contributed by atoms with E-state index in [0.29, 0.717) is 11.4 Å². The molecule has 0 radical (unpaired) electrons. The summed E-state index contributed by atoms with van der Waals surface area (Å²) in [5, 5.41) is 10.0. The zero-order valence-electron chi connectivity index (χ0n) is 14.4. The Morgan fingerprint density at radius 1 is 1.48 bits per heavy atom. The van der Waals surface area contributed by atoms with Crippen LogP contribution in [0.25, 0.3) is 5.65 Å². The number of aromatic nitrogens is 4. The van der Waals surface area contributed by atoms with Crippen LogP contribution in [0, 0.1) is 0 Å². The Balaban J connectivity index is 1.63. The van der Waals surface area contributed by atoms with Gasteiger partial charge in [-0.3, -0.25) is 9.78 Å². The molecule has 1 aliphatic rings. The molecule has 0 aliphatic carbocycles. The molecule has 0 unspecified atom stereocenters. The van der Waals surface area contributed by atoms with Gasteiger partial charge in [-0.1, -0.05) is 0 Å². The number of alkyl halides is 1. The number of carbonyl (C=O) groups excluding carboxylic acids is 1. The van der Waals surface area contributed by atoms with Crippen molar-refractivity contribution in [3.05, 3.63) is 42.0 Å². The summed E-state index contributed by atoms with van der Waals surface area (Å²) in [6, 6.07) is 3.16. The number of ether oxygens (including phenoxy) is 1. The Kier molecular flexibility index (Phi) is 4.55. The van der Waals surface area contributed by atoms with Crippen LogP contribution in [0.5, 0.6) is 5.75 Å². The van der Waals surface area contributed by atoms with E-state index in [9.17, 15) is 9.18 Å². The zero-order chi connectivity index (χ0) is 18.8. The Bertz CT molecular complexity index is 985. The number of rotatable bonds is 5. The smallest absolute Gasteiger partial charge is 0.263 e. The minimum Gasteiger partial charge on any atom is -0.487 e. The number of halogens is 1. The highest BCUT2D eigenvalue weighted by Crippen LogP contribution is 2.27. The van der Waals surface area contributed by atoms with Gasteiger partial charge in [0.1, 0.15) is 29.8 Å². The van der Waals surface area contributed by atoms with Gasteiger partial charge in [0.2, 0.25) is 0 Å². The second-order valence-corrected chi connectivity index (χ2v) is 6.14. The minimum absolute atomic E-state index is 0.00218. The number of hydrogen-bond acceptors (Lipinski definition) is 7. The van der Waals surface area contributed by atoms with Gasteiger partial charge in [-0.15, -0.1) is 5.10 Å². The average molecular weight is 371 g/mol. The molecule has 27 heavy (non-hydrogen) atoms. The molecule has 0 spiro atoms. The van der Waals surface area contributed by atoms with Gasteiger partial charge in [-0.05, 0) is 19.0 Å². The Morgan fingerprint density at radius 2 is 2.37 bits per heavy atom. The van der Waals surface area contributed by atoms with E-state index in [1.165, 1.54) is 23.0 Å². The van der Waals surface area contributed by atoms with Crippen molar-refractivity contribution < 1.29 is 13.9 Å². The van der Waals surface area contributed by atoms with Crippen LogP contribution in [0.1, 0.15) is 22.5 Å². The lowest BCUT2D eigenvalue weighted by molar-refractivity contribution is 0.102. The van der Waals surface area contributed by atoms with Gasteiger partial charge in [0.05, 0.1) is 11.9 Å². The molecule has 0 bridgehead atoms. The van der Waals surface area contributed by atoms with Crippen molar-refractivity contribution in [2.75, 3.05) is 24.1 Å². The van der Waals surface area contributed by atoms with Crippen molar-refractivity contribution in [1.82, 2.24) is 24.9 Å². The zero-order valence-corrected chi connectivity index (χ0v) is 14.4. The molecule has 1 aliphatic heterocycles. The molecule has 1 amide bonds. The van der Waals surface area contributed by atoms with Crippen LogP contribution in [-0.2, 0) is 6.67 Å². The van der Waals surface area contributed by atoms with E-state index in [4.69, 9.17) is 10.5 Å². The number of anilines is 2. The molecular weight excluding hydrogens is 353 g/mol. The first-order valence-electron chi connectivity index (χ1n) is 8.48. The topological polar surface area (TPSA) is 119 Å². The first-order chi connectivity index (χ1) is 13.2. The predicted molar refractivity (Wildman–Crippen MR) is 96.3 cm³/mol. The molecule has 4 rings (SSSR count). The monoisotopic (exact) mass is 371 g/mol. The maximum atomic E-state index is 12.9. The van der Waals surface area contributed by atoms with Crippen LogP contribution >= 0.6 is 0 Å². The van der Waals surface area contributed by atoms with Crippen molar-refractivity contribution in [1.29, 1.82) is 0 Å². The molecule has 140 valence electrons. The molecule has 3 aromatic rings. The van der Waals surface area contributed by atoms with Gasteiger partial charge in [0.25, 0.3) is 5.91 Å². The average Bonchev–Trinajstić information content (AvgIpc) is 3.29. The molecule has 3 aromatic heterocycles. The lowest BCUT2D eigenvalue weighted by Crippen LogP contribution is -2.21. The first-order valence-corrected chi connectivity index (χ1v) is 8.48. The van der Waals surface area contributed by atoms with Gasteiger partial charge in [-0.25, -0.2) is 13.9 Å². The molecule has 0 saturated carbocycles. The van der Waals surface area contributed by atoms with Crippen LogP contribution in [0.4, 0.5) is 15.9 Å². The van der Waals surface area contributed by atoms with E-state index in [0.717, 1.165) is 19.5 Å². The van der Waals surface area contributed by atoms with Crippen LogP contribution in [0.2, 0.25) is 0 Å².